The zero-order valence-electron chi connectivity index (χ0n) is 19.0. The molecule has 0 spiro atoms. The summed E-state index contributed by atoms with van der Waals surface area (Å²) in [5, 5.41) is 8.39. The second kappa shape index (κ2) is 23.3. The third kappa shape index (κ3) is 21.0. The van der Waals surface area contributed by atoms with E-state index in [1.807, 2.05) is 0 Å². The molecule has 0 aromatic rings. The molecule has 0 aromatic carbocycles. The molecule has 11 nitrogen and oxygen atoms in total. The van der Waals surface area contributed by atoms with Gasteiger partial charge in [0.2, 0.25) is 0 Å². The Bertz CT molecular complexity index is 405. The van der Waals surface area contributed by atoms with Crippen LogP contribution in [-0.2, 0) is 47.4 Å². The normalized spacial score (nSPS) is 16.4. The van der Waals surface area contributed by atoms with Crippen molar-refractivity contribution in [1.82, 2.24) is 0 Å². The van der Waals surface area contributed by atoms with Crippen LogP contribution in [-0.4, -0.2) is 123 Å². The molecule has 0 bridgehead atoms. The van der Waals surface area contributed by atoms with Crippen molar-refractivity contribution >= 4 is 5.97 Å². The fourth-order valence-corrected chi connectivity index (χ4v) is 2.56. The third-order valence-electron chi connectivity index (χ3n) is 4.13. The van der Waals surface area contributed by atoms with Gasteiger partial charge in [-0.2, -0.15) is 0 Å². The van der Waals surface area contributed by atoms with Crippen LogP contribution in [0.5, 0.6) is 0 Å². The summed E-state index contributed by atoms with van der Waals surface area (Å²) in [6.07, 6.45) is 3.18. The van der Waals surface area contributed by atoms with Gasteiger partial charge in [0, 0.05) is 6.61 Å². The molecule has 1 aliphatic heterocycles. The molecule has 1 atom stereocenters. The molecular weight excluding hydrogens is 428 g/mol. The van der Waals surface area contributed by atoms with Crippen LogP contribution in [0.15, 0.2) is 0 Å². The minimum Gasteiger partial charge on any atom is -0.480 e. The Kier molecular flexibility index (Phi) is 21.2. The Morgan fingerprint density at radius 2 is 1.03 bits per heavy atom. The second-order valence-corrected chi connectivity index (χ2v) is 6.79. The van der Waals surface area contributed by atoms with E-state index >= 15 is 0 Å². The number of hydrogen-bond donors (Lipinski definition) is 1. The molecule has 0 radical (unpaired) electrons. The maximum Gasteiger partial charge on any atom is 0.329 e. The lowest BCUT2D eigenvalue weighted by atomic mass is 10.2. The SMILES string of the molecule is O=C(O)COCCOCCOCCOCCOCCOCCOCCOC1CCCCO1. The molecule has 1 N–H and O–H groups in total. The maximum atomic E-state index is 10.2. The molecule has 0 saturated carbocycles. The molecule has 1 rings (SSSR count). The van der Waals surface area contributed by atoms with Gasteiger partial charge in [-0.1, -0.05) is 0 Å². The molecular formula is C21H40O11. The van der Waals surface area contributed by atoms with Crippen molar-refractivity contribution in [2.24, 2.45) is 0 Å². The first-order chi connectivity index (χ1) is 15.8. The van der Waals surface area contributed by atoms with Crippen molar-refractivity contribution in [2.45, 2.75) is 25.6 Å². The van der Waals surface area contributed by atoms with E-state index < -0.39 is 5.97 Å². The molecule has 1 aliphatic rings. The van der Waals surface area contributed by atoms with Gasteiger partial charge >= 0.3 is 5.97 Å². The summed E-state index contributed by atoms with van der Waals surface area (Å²) in [6.45, 7) is 7.04. The first kappa shape index (κ1) is 29.1. The summed E-state index contributed by atoms with van der Waals surface area (Å²) in [5.41, 5.74) is 0. The molecule has 1 unspecified atom stereocenters. The highest BCUT2D eigenvalue weighted by atomic mass is 16.7. The van der Waals surface area contributed by atoms with Crippen molar-refractivity contribution < 1.29 is 52.5 Å². The quantitative estimate of drug-likeness (QED) is 0.202. The summed E-state index contributed by atoms with van der Waals surface area (Å²) >= 11 is 0. The van der Waals surface area contributed by atoms with E-state index in [0.717, 1.165) is 25.9 Å². The molecule has 190 valence electrons. The van der Waals surface area contributed by atoms with E-state index in [0.29, 0.717) is 85.9 Å². The molecule has 1 heterocycles. The van der Waals surface area contributed by atoms with Gasteiger partial charge in [-0.15, -0.1) is 0 Å². The summed E-state index contributed by atoms with van der Waals surface area (Å²) < 4.78 is 48.2. The Labute approximate surface area is 190 Å². The number of rotatable bonds is 24. The lowest BCUT2D eigenvalue weighted by Crippen LogP contribution is -2.24. The summed E-state index contributed by atoms with van der Waals surface area (Å²) in [5.74, 6) is -0.990. The van der Waals surface area contributed by atoms with E-state index in [-0.39, 0.29) is 19.5 Å². The van der Waals surface area contributed by atoms with Gasteiger partial charge in [0.05, 0.1) is 92.5 Å². The van der Waals surface area contributed by atoms with Gasteiger partial charge in [-0.3, -0.25) is 0 Å². The van der Waals surface area contributed by atoms with Crippen molar-refractivity contribution in [3.05, 3.63) is 0 Å². The second-order valence-electron chi connectivity index (χ2n) is 6.79. The fourth-order valence-electron chi connectivity index (χ4n) is 2.56. The smallest absolute Gasteiger partial charge is 0.329 e. The predicted molar refractivity (Wildman–Crippen MR) is 113 cm³/mol. The van der Waals surface area contributed by atoms with E-state index in [9.17, 15) is 4.79 Å². The largest absolute Gasteiger partial charge is 0.480 e. The van der Waals surface area contributed by atoms with Crippen LogP contribution in [0.1, 0.15) is 19.3 Å². The fraction of sp³-hybridized carbons (Fsp3) is 0.952. The molecule has 1 fully saturated rings. The zero-order chi connectivity index (χ0) is 23.0. The van der Waals surface area contributed by atoms with Crippen molar-refractivity contribution in [3.8, 4) is 0 Å². The molecule has 1 saturated heterocycles. The topological polar surface area (TPSA) is 120 Å². The molecule has 11 heteroatoms. The van der Waals surface area contributed by atoms with E-state index in [4.69, 9.17) is 47.7 Å². The van der Waals surface area contributed by atoms with E-state index in [1.54, 1.807) is 0 Å². The highest BCUT2D eigenvalue weighted by molar-refractivity contribution is 5.67. The number of carboxylic acid groups (broad SMARTS) is 1. The van der Waals surface area contributed by atoms with Crippen LogP contribution >= 0.6 is 0 Å². The minimum atomic E-state index is -0.990. The molecule has 32 heavy (non-hydrogen) atoms. The van der Waals surface area contributed by atoms with Crippen LogP contribution in [0, 0.1) is 0 Å². The number of hydrogen-bond acceptors (Lipinski definition) is 10. The van der Waals surface area contributed by atoms with E-state index in [1.165, 1.54) is 0 Å². The van der Waals surface area contributed by atoms with Crippen LogP contribution in [0.3, 0.4) is 0 Å². The first-order valence-corrected chi connectivity index (χ1v) is 11.3. The maximum absolute atomic E-state index is 10.2. The number of carboxylic acids is 1. The monoisotopic (exact) mass is 468 g/mol. The van der Waals surface area contributed by atoms with Gasteiger partial charge in [0.15, 0.2) is 6.29 Å². The summed E-state index contributed by atoms with van der Waals surface area (Å²) in [7, 11) is 0. The number of ether oxygens (including phenoxy) is 9. The predicted octanol–water partition coefficient (Wildman–Crippen LogP) is 0.730. The minimum absolute atomic E-state index is 0.0676. The lowest BCUT2D eigenvalue weighted by molar-refractivity contribution is -0.169. The van der Waals surface area contributed by atoms with Gasteiger partial charge in [0.1, 0.15) is 6.61 Å². The van der Waals surface area contributed by atoms with E-state index in [2.05, 4.69) is 0 Å². The van der Waals surface area contributed by atoms with Crippen LogP contribution < -0.4 is 0 Å². The van der Waals surface area contributed by atoms with Crippen LogP contribution in [0.4, 0.5) is 0 Å². The average molecular weight is 469 g/mol. The average Bonchev–Trinajstić information content (AvgIpc) is 2.80. The van der Waals surface area contributed by atoms with Gasteiger partial charge in [-0.05, 0) is 19.3 Å². The Morgan fingerprint density at radius 3 is 1.41 bits per heavy atom. The highest BCUT2D eigenvalue weighted by Gasteiger charge is 2.13. The zero-order valence-corrected chi connectivity index (χ0v) is 19.0. The van der Waals surface area contributed by atoms with Crippen LogP contribution in [0.2, 0.25) is 0 Å². The van der Waals surface area contributed by atoms with Gasteiger partial charge in [0.25, 0.3) is 0 Å². The van der Waals surface area contributed by atoms with Crippen LogP contribution in [0.25, 0.3) is 0 Å². The highest BCUT2D eigenvalue weighted by Crippen LogP contribution is 2.13. The standard InChI is InChI=1S/C21H40O11/c22-20(23)19-30-16-15-28-12-11-26-8-7-24-5-6-25-9-10-27-13-14-29-17-18-32-21-3-1-2-4-31-21/h21H,1-19H2,(H,22,23). The number of carbonyl (C=O) groups is 1. The van der Waals surface area contributed by atoms with Crippen molar-refractivity contribution in [1.29, 1.82) is 0 Å². The summed E-state index contributed by atoms with van der Waals surface area (Å²) in [4.78, 5) is 10.2. The van der Waals surface area contributed by atoms with Gasteiger partial charge in [-0.25, -0.2) is 4.79 Å². The summed E-state index contributed by atoms with van der Waals surface area (Å²) in [6, 6.07) is 0. The van der Waals surface area contributed by atoms with Gasteiger partial charge < -0.3 is 47.7 Å². The molecule has 0 aliphatic carbocycles. The number of aliphatic carboxylic acids is 1. The Balaban J connectivity index is 1.63. The van der Waals surface area contributed by atoms with Crippen molar-refractivity contribution in [2.75, 3.05) is 106 Å². The Morgan fingerprint density at radius 1 is 0.625 bits per heavy atom. The molecule has 0 aromatic heterocycles. The first-order valence-electron chi connectivity index (χ1n) is 11.3. The van der Waals surface area contributed by atoms with Crippen molar-refractivity contribution in [3.63, 3.8) is 0 Å². The third-order valence-corrected chi connectivity index (χ3v) is 4.13. The Hall–Kier alpha value is -0.890. The molecule has 0 amide bonds. The lowest BCUT2D eigenvalue weighted by Gasteiger charge is -2.22.